The molecule has 0 unspecified atom stereocenters. The summed E-state index contributed by atoms with van der Waals surface area (Å²) in [4.78, 5) is 37.3. The first-order valence-electron chi connectivity index (χ1n) is 16.2. The van der Waals surface area contributed by atoms with Crippen LogP contribution in [0.4, 0.5) is 16.2 Å². The number of carbonyl (C=O) groups excluding carboxylic acids is 2. The van der Waals surface area contributed by atoms with E-state index in [0.717, 1.165) is 70.7 Å². The Morgan fingerprint density at radius 3 is 2.31 bits per heavy atom. The molecule has 1 amide bonds. The van der Waals surface area contributed by atoms with Crippen LogP contribution in [0.15, 0.2) is 36.5 Å². The summed E-state index contributed by atoms with van der Waals surface area (Å²) < 4.78 is 13.5. The number of aromatic nitrogens is 4. The molecule has 2 aliphatic carbocycles. The minimum atomic E-state index is -0.264. The highest BCUT2D eigenvalue weighted by atomic mass is 32.1. The van der Waals surface area contributed by atoms with Crippen LogP contribution in [-0.4, -0.2) is 59.3 Å². The fraction of sp³-hybridized carbons (Fsp3) is 0.405. The van der Waals surface area contributed by atoms with Gasteiger partial charge in [0.1, 0.15) is 28.9 Å². The monoisotopic (exact) mass is 686 g/mol. The van der Waals surface area contributed by atoms with Crippen molar-refractivity contribution >= 4 is 46.5 Å². The molecule has 2 saturated carbocycles. The molecule has 0 aliphatic heterocycles. The molecular formula is C37H47FN8O2S. The lowest BCUT2D eigenvalue weighted by Crippen LogP contribution is -2.27. The third kappa shape index (κ3) is 12.6. The van der Waals surface area contributed by atoms with E-state index >= 15 is 0 Å². The van der Waals surface area contributed by atoms with Gasteiger partial charge < -0.3 is 26.1 Å². The summed E-state index contributed by atoms with van der Waals surface area (Å²) in [6, 6.07) is 8.56. The predicted molar refractivity (Wildman–Crippen MR) is 199 cm³/mol. The summed E-state index contributed by atoms with van der Waals surface area (Å²) in [5, 5.41) is 13.9. The smallest absolute Gasteiger partial charge is 0.224 e. The largest absolute Gasteiger partial charge is 0.369 e. The average molecular weight is 687 g/mol. The molecule has 12 heteroatoms. The molecule has 0 bridgehead atoms. The normalized spacial score (nSPS) is 13.3. The third-order valence-electron chi connectivity index (χ3n) is 7.84. The number of amides is 1. The Balaban J connectivity index is 0.000000412. The quantitative estimate of drug-likeness (QED) is 0.0886. The highest BCUT2D eigenvalue weighted by Crippen LogP contribution is 2.44. The zero-order valence-corrected chi connectivity index (χ0v) is 29.4. The second-order valence-corrected chi connectivity index (χ2v) is 12.3. The van der Waals surface area contributed by atoms with Crippen molar-refractivity contribution < 1.29 is 14.0 Å². The lowest BCUT2D eigenvalue weighted by molar-refractivity contribution is -0.109. The zero-order chi connectivity index (χ0) is 36.2. The number of rotatable bonds is 14. The van der Waals surface area contributed by atoms with Crippen LogP contribution in [-0.2, 0) is 16.1 Å². The van der Waals surface area contributed by atoms with Gasteiger partial charge in [0.2, 0.25) is 12.4 Å². The van der Waals surface area contributed by atoms with Crippen LogP contribution in [0.3, 0.4) is 0 Å². The second-order valence-electron chi connectivity index (χ2n) is 11.3. The number of aryl methyl sites for hydroxylation is 1. The van der Waals surface area contributed by atoms with Crippen molar-refractivity contribution in [3.8, 4) is 36.3 Å². The van der Waals surface area contributed by atoms with Gasteiger partial charge in [-0.1, -0.05) is 19.1 Å². The van der Waals surface area contributed by atoms with Crippen LogP contribution in [0.1, 0.15) is 68.3 Å². The van der Waals surface area contributed by atoms with Gasteiger partial charge in [0.25, 0.3) is 0 Å². The van der Waals surface area contributed by atoms with Crippen LogP contribution in [0.25, 0.3) is 20.8 Å². The number of carbonyl (C=O) groups is 2. The molecule has 4 aromatic rings. The fourth-order valence-electron chi connectivity index (χ4n) is 4.91. The summed E-state index contributed by atoms with van der Waals surface area (Å²) in [5.74, 6) is 2.67. The molecule has 3 heterocycles. The lowest BCUT2D eigenvalue weighted by Gasteiger charge is -2.17. The zero-order valence-electron chi connectivity index (χ0n) is 28.5. The Labute approximate surface area is 293 Å². The highest BCUT2D eigenvalue weighted by Gasteiger charge is 2.29. The SMILES string of the molecule is C#C.C#C.C=O.CC[C@@H](CCNc1nc(NCC2CC2)nc(C)c1-c1nc2c(C3CC3)nccc2s1)NC.O=CNCc1ccc(F)cc1. The molecule has 2 aliphatic rings. The van der Waals surface area contributed by atoms with Crippen LogP contribution in [0, 0.1) is 44.4 Å². The van der Waals surface area contributed by atoms with E-state index < -0.39 is 0 Å². The van der Waals surface area contributed by atoms with E-state index in [2.05, 4.69) is 71.9 Å². The van der Waals surface area contributed by atoms with E-state index in [4.69, 9.17) is 19.7 Å². The van der Waals surface area contributed by atoms with Gasteiger partial charge in [-0.3, -0.25) is 9.78 Å². The van der Waals surface area contributed by atoms with Crippen LogP contribution in [0.5, 0.6) is 0 Å². The molecule has 260 valence electrons. The Morgan fingerprint density at radius 2 is 1.71 bits per heavy atom. The van der Waals surface area contributed by atoms with Crippen molar-refractivity contribution in [1.29, 1.82) is 0 Å². The molecule has 0 spiro atoms. The van der Waals surface area contributed by atoms with E-state index in [1.54, 1.807) is 23.5 Å². The van der Waals surface area contributed by atoms with E-state index in [0.29, 0.717) is 30.9 Å². The summed E-state index contributed by atoms with van der Waals surface area (Å²) in [5.41, 5.74) is 5.07. The van der Waals surface area contributed by atoms with Crippen molar-refractivity contribution in [2.75, 3.05) is 30.8 Å². The van der Waals surface area contributed by atoms with Gasteiger partial charge in [-0.2, -0.15) is 4.98 Å². The maximum Gasteiger partial charge on any atom is 0.224 e. The maximum atomic E-state index is 12.3. The summed E-state index contributed by atoms with van der Waals surface area (Å²) in [6.45, 7) is 8.54. The topological polar surface area (TPSA) is 134 Å². The van der Waals surface area contributed by atoms with Gasteiger partial charge >= 0.3 is 0 Å². The molecule has 0 radical (unpaired) electrons. The minimum Gasteiger partial charge on any atom is -0.369 e. The van der Waals surface area contributed by atoms with Crippen molar-refractivity contribution in [3.05, 3.63) is 59.3 Å². The van der Waals surface area contributed by atoms with Crippen LogP contribution in [0.2, 0.25) is 0 Å². The number of nitrogens with zero attached hydrogens (tertiary/aromatic N) is 4. The van der Waals surface area contributed by atoms with Crippen molar-refractivity contribution in [2.45, 2.75) is 70.9 Å². The van der Waals surface area contributed by atoms with Crippen molar-refractivity contribution in [3.63, 3.8) is 0 Å². The molecule has 1 aromatic carbocycles. The summed E-state index contributed by atoms with van der Waals surface area (Å²) in [6.07, 6.45) is 25.7. The first kappa shape index (κ1) is 40.3. The first-order valence-corrected chi connectivity index (χ1v) is 17.0. The molecule has 4 N–H and O–H groups in total. The minimum absolute atomic E-state index is 0.264. The number of anilines is 2. The highest BCUT2D eigenvalue weighted by molar-refractivity contribution is 7.21. The Hall–Kier alpha value is -4.91. The number of terminal acetylenes is 2. The molecule has 49 heavy (non-hydrogen) atoms. The maximum absolute atomic E-state index is 12.3. The standard InChI is InChI=1S/C24H33N7S.C8H8FNO.2C2H2.CH2O/c1-4-17(25-3)9-11-27-22-19(14(2)29-24(31-22)28-13-15-5-6-15)23-30-21-18(32-23)10-12-26-20(21)16-7-8-16;9-8-3-1-7(2-4-8)5-10-6-11;3*1-2/h10,12,15-17,25H,4-9,11,13H2,1-3H3,(H2,27,28,29,31);1-4,6H,5H2,(H,10,11);2*1-2H;1H2/t17-;;;;/m0..../s1. The number of hydrogen-bond donors (Lipinski definition) is 4. The molecule has 1 atom stereocenters. The van der Waals surface area contributed by atoms with E-state index in [1.807, 2.05) is 20.0 Å². The van der Waals surface area contributed by atoms with Gasteiger partial charge in [-0.05, 0) is 82.2 Å². The van der Waals surface area contributed by atoms with Crippen LogP contribution >= 0.6 is 11.3 Å². The Bertz CT molecular complexity index is 1610. The van der Waals surface area contributed by atoms with Crippen LogP contribution < -0.4 is 21.3 Å². The first-order chi connectivity index (χ1) is 24.0. The second kappa shape index (κ2) is 21.9. The van der Waals surface area contributed by atoms with Gasteiger partial charge in [0, 0.05) is 37.8 Å². The number of thiazole rings is 1. The molecule has 3 aromatic heterocycles. The Morgan fingerprint density at radius 1 is 1.02 bits per heavy atom. The van der Waals surface area contributed by atoms with E-state index in [1.165, 1.54) is 42.5 Å². The number of benzene rings is 1. The number of nitrogens with one attached hydrogen (secondary N) is 4. The number of pyridine rings is 1. The number of hydrogen-bond acceptors (Lipinski definition) is 10. The molecule has 6 rings (SSSR count). The van der Waals surface area contributed by atoms with Gasteiger partial charge in [-0.25, -0.2) is 14.4 Å². The predicted octanol–water partition coefficient (Wildman–Crippen LogP) is 6.34. The third-order valence-corrected chi connectivity index (χ3v) is 8.88. The summed E-state index contributed by atoms with van der Waals surface area (Å²) >= 11 is 1.72. The fourth-order valence-corrected chi connectivity index (χ4v) is 5.98. The average Bonchev–Trinajstić information content (AvgIpc) is 4.09. The summed E-state index contributed by atoms with van der Waals surface area (Å²) in [7, 11) is 2.03. The number of halogens is 1. The lowest BCUT2D eigenvalue weighted by atomic mass is 10.1. The molecule has 0 saturated heterocycles. The van der Waals surface area contributed by atoms with Crippen molar-refractivity contribution in [1.82, 2.24) is 30.6 Å². The molecule has 10 nitrogen and oxygen atoms in total. The molecular weight excluding hydrogens is 640 g/mol. The Kier molecular flexibility index (Phi) is 18.0. The van der Waals surface area contributed by atoms with Crippen molar-refractivity contribution in [2.24, 2.45) is 5.92 Å². The van der Waals surface area contributed by atoms with E-state index in [-0.39, 0.29) is 5.82 Å². The number of fused-ring (bicyclic) bond motifs is 1. The van der Waals surface area contributed by atoms with Gasteiger partial charge in [0.15, 0.2) is 0 Å². The molecule has 2 fully saturated rings. The van der Waals surface area contributed by atoms with Gasteiger partial charge in [-0.15, -0.1) is 37.0 Å². The van der Waals surface area contributed by atoms with E-state index in [9.17, 15) is 9.18 Å². The van der Waals surface area contributed by atoms with Gasteiger partial charge in [0.05, 0.1) is 21.7 Å².